The first-order valence-electron chi connectivity index (χ1n) is 6.80. The molecule has 0 fully saturated rings. The molecule has 1 heterocycles. The Bertz CT molecular complexity index is 798. The van der Waals surface area contributed by atoms with Gasteiger partial charge in [0.2, 0.25) is 0 Å². The zero-order valence-electron chi connectivity index (χ0n) is 10.6. The van der Waals surface area contributed by atoms with E-state index in [0.717, 1.165) is 23.8 Å². The summed E-state index contributed by atoms with van der Waals surface area (Å²) in [5.74, 6) is 0.677. The SMILES string of the molecule is O=c1cccc2oc3ccc4c(c3cc1-2)CCCC4. The molecule has 0 saturated heterocycles. The van der Waals surface area contributed by atoms with Gasteiger partial charge in [0.25, 0.3) is 0 Å². The lowest BCUT2D eigenvalue weighted by Gasteiger charge is -2.18. The number of aryl methyl sites for hydroxylation is 2. The maximum Gasteiger partial charge on any atom is 0.189 e. The van der Waals surface area contributed by atoms with Crippen LogP contribution in [0, 0.1) is 0 Å². The lowest BCUT2D eigenvalue weighted by atomic mass is 9.88. The van der Waals surface area contributed by atoms with Crippen LogP contribution in [0.2, 0.25) is 0 Å². The van der Waals surface area contributed by atoms with Gasteiger partial charge in [-0.05, 0) is 61.1 Å². The molecular formula is C17H14O2. The standard InChI is InChI=1S/C17H14O2/c18-15-6-3-7-16-14(15)10-13-12-5-2-1-4-11(12)8-9-17(13)19-16/h3,6-10H,1-2,4-5H2. The van der Waals surface area contributed by atoms with Crippen LogP contribution in [0.25, 0.3) is 22.3 Å². The molecule has 0 radical (unpaired) electrons. The predicted molar refractivity (Wildman–Crippen MR) is 75.7 cm³/mol. The Morgan fingerprint density at radius 3 is 2.84 bits per heavy atom. The topological polar surface area (TPSA) is 30.2 Å². The fraction of sp³-hybridized carbons (Fsp3) is 0.235. The van der Waals surface area contributed by atoms with Crippen molar-refractivity contribution in [3.8, 4) is 11.3 Å². The van der Waals surface area contributed by atoms with E-state index in [4.69, 9.17) is 4.42 Å². The maximum absolute atomic E-state index is 11.9. The third kappa shape index (κ3) is 1.60. The van der Waals surface area contributed by atoms with E-state index in [2.05, 4.69) is 6.07 Å². The van der Waals surface area contributed by atoms with E-state index in [1.54, 1.807) is 12.1 Å². The van der Waals surface area contributed by atoms with Crippen LogP contribution in [-0.2, 0) is 12.8 Å². The molecule has 0 spiro atoms. The quantitative estimate of drug-likeness (QED) is 0.568. The number of rotatable bonds is 0. The van der Waals surface area contributed by atoms with E-state index in [1.165, 1.54) is 24.0 Å². The summed E-state index contributed by atoms with van der Waals surface area (Å²) in [6.45, 7) is 0. The zero-order valence-corrected chi connectivity index (χ0v) is 10.6. The van der Waals surface area contributed by atoms with Gasteiger partial charge in [-0.3, -0.25) is 4.79 Å². The molecule has 0 saturated carbocycles. The molecule has 0 bridgehead atoms. The first-order chi connectivity index (χ1) is 9.33. The Morgan fingerprint density at radius 2 is 1.89 bits per heavy atom. The average Bonchev–Trinajstić information content (AvgIpc) is 2.46. The maximum atomic E-state index is 11.9. The van der Waals surface area contributed by atoms with Crippen molar-refractivity contribution in [2.24, 2.45) is 0 Å². The fourth-order valence-corrected chi connectivity index (χ4v) is 3.10. The fourth-order valence-electron chi connectivity index (χ4n) is 3.10. The lowest BCUT2D eigenvalue weighted by molar-refractivity contribution is 0.615. The van der Waals surface area contributed by atoms with Crippen molar-refractivity contribution >= 4 is 11.0 Å². The van der Waals surface area contributed by atoms with E-state index in [-0.39, 0.29) is 5.43 Å². The van der Waals surface area contributed by atoms with Crippen LogP contribution in [-0.4, -0.2) is 0 Å². The highest BCUT2D eigenvalue weighted by molar-refractivity contribution is 5.86. The molecule has 19 heavy (non-hydrogen) atoms. The van der Waals surface area contributed by atoms with Crippen molar-refractivity contribution in [3.63, 3.8) is 0 Å². The molecule has 2 heteroatoms. The second-order valence-corrected chi connectivity index (χ2v) is 5.24. The molecule has 1 aromatic rings. The second-order valence-electron chi connectivity index (χ2n) is 5.24. The summed E-state index contributed by atoms with van der Waals surface area (Å²) in [6, 6.07) is 11.4. The Kier molecular flexibility index (Phi) is 2.25. The van der Waals surface area contributed by atoms with Gasteiger partial charge in [0.15, 0.2) is 5.43 Å². The summed E-state index contributed by atoms with van der Waals surface area (Å²) in [4.78, 5) is 11.9. The third-order valence-electron chi connectivity index (χ3n) is 4.07. The van der Waals surface area contributed by atoms with Crippen molar-refractivity contribution in [1.82, 2.24) is 0 Å². The molecule has 1 aliphatic heterocycles. The van der Waals surface area contributed by atoms with Crippen LogP contribution in [0.4, 0.5) is 0 Å². The van der Waals surface area contributed by atoms with E-state index in [1.807, 2.05) is 18.2 Å². The first kappa shape index (κ1) is 10.8. The Morgan fingerprint density at radius 1 is 1.00 bits per heavy atom. The van der Waals surface area contributed by atoms with Crippen molar-refractivity contribution < 1.29 is 4.42 Å². The third-order valence-corrected chi connectivity index (χ3v) is 4.07. The summed E-state index contributed by atoms with van der Waals surface area (Å²) in [6.07, 6.45) is 4.72. The zero-order chi connectivity index (χ0) is 12.8. The van der Waals surface area contributed by atoms with Gasteiger partial charge in [0.05, 0.1) is 5.56 Å². The number of hydrogen-bond donors (Lipinski definition) is 0. The monoisotopic (exact) mass is 250 g/mol. The minimum absolute atomic E-state index is 0.0385. The molecular weight excluding hydrogens is 236 g/mol. The van der Waals surface area contributed by atoms with E-state index in [0.29, 0.717) is 11.3 Å². The molecule has 0 aromatic heterocycles. The number of benzene rings is 2. The Labute approximate surface area is 111 Å². The summed E-state index contributed by atoms with van der Waals surface area (Å²) in [5.41, 5.74) is 4.40. The first-order valence-corrected chi connectivity index (χ1v) is 6.80. The van der Waals surface area contributed by atoms with Gasteiger partial charge in [-0.2, -0.15) is 0 Å². The highest BCUT2D eigenvalue weighted by Gasteiger charge is 2.16. The number of hydrogen-bond acceptors (Lipinski definition) is 2. The number of fused-ring (bicyclic) bond motifs is 4. The molecule has 0 amide bonds. The van der Waals surface area contributed by atoms with Gasteiger partial charge in [-0.25, -0.2) is 0 Å². The molecule has 3 aliphatic rings. The van der Waals surface area contributed by atoms with Gasteiger partial charge >= 0.3 is 0 Å². The largest absolute Gasteiger partial charge is 0.456 e. The van der Waals surface area contributed by atoms with Crippen LogP contribution in [0.3, 0.4) is 0 Å². The average molecular weight is 250 g/mol. The van der Waals surface area contributed by atoms with Crippen molar-refractivity contribution in [2.75, 3.05) is 0 Å². The Balaban J connectivity index is 2.14. The molecule has 2 nitrogen and oxygen atoms in total. The molecule has 94 valence electrons. The Hall–Kier alpha value is -2.09. The van der Waals surface area contributed by atoms with Crippen LogP contribution in [0.15, 0.2) is 45.6 Å². The van der Waals surface area contributed by atoms with Crippen molar-refractivity contribution in [3.05, 3.63) is 57.7 Å². The molecule has 1 aromatic carbocycles. The van der Waals surface area contributed by atoms with Crippen LogP contribution >= 0.6 is 0 Å². The second kappa shape index (κ2) is 3.95. The minimum Gasteiger partial charge on any atom is -0.456 e. The highest BCUT2D eigenvalue weighted by atomic mass is 16.3. The van der Waals surface area contributed by atoms with Crippen molar-refractivity contribution in [2.45, 2.75) is 25.7 Å². The van der Waals surface area contributed by atoms with Crippen LogP contribution < -0.4 is 5.43 Å². The minimum atomic E-state index is 0.0385. The van der Waals surface area contributed by atoms with E-state index < -0.39 is 0 Å². The van der Waals surface area contributed by atoms with Crippen molar-refractivity contribution in [1.29, 1.82) is 0 Å². The normalized spacial score (nSPS) is 14.7. The highest BCUT2D eigenvalue weighted by Crippen LogP contribution is 2.32. The van der Waals surface area contributed by atoms with E-state index >= 15 is 0 Å². The molecule has 0 unspecified atom stereocenters. The van der Waals surface area contributed by atoms with Gasteiger partial charge in [0, 0.05) is 5.39 Å². The van der Waals surface area contributed by atoms with Gasteiger partial charge in [0.1, 0.15) is 11.3 Å². The van der Waals surface area contributed by atoms with Gasteiger partial charge in [-0.15, -0.1) is 0 Å². The van der Waals surface area contributed by atoms with Gasteiger partial charge in [-0.1, -0.05) is 12.1 Å². The molecule has 0 N–H and O–H groups in total. The van der Waals surface area contributed by atoms with Crippen LogP contribution in [0.5, 0.6) is 0 Å². The smallest absolute Gasteiger partial charge is 0.189 e. The predicted octanol–water partition coefficient (Wildman–Crippen LogP) is 3.78. The lowest BCUT2D eigenvalue weighted by Crippen LogP contribution is -2.06. The van der Waals surface area contributed by atoms with E-state index in [9.17, 15) is 4.79 Å². The van der Waals surface area contributed by atoms with Gasteiger partial charge < -0.3 is 4.42 Å². The summed E-state index contributed by atoms with van der Waals surface area (Å²) >= 11 is 0. The summed E-state index contributed by atoms with van der Waals surface area (Å²) in [5, 5.41) is 1.12. The summed E-state index contributed by atoms with van der Waals surface area (Å²) in [7, 11) is 0. The summed E-state index contributed by atoms with van der Waals surface area (Å²) < 4.78 is 5.89. The molecule has 2 aliphatic carbocycles. The molecule has 0 atom stereocenters. The molecule has 4 rings (SSSR count). The van der Waals surface area contributed by atoms with Crippen LogP contribution in [0.1, 0.15) is 24.0 Å².